The molecule has 18 heavy (non-hydrogen) atoms. The Kier molecular flexibility index (Phi) is 3.71. The molecule has 1 atom stereocenters. The number of hydrazone groups is 1. The van der Waals surface area contributed by atoms with Gasteiger partial charge in [0, 0.05) is 5.71 Å². The number of benzene rings is 1. The highest BCUT2D eigenvalue weighted by molar-refractivity contribution is 7.89. The van der Waals surface area contributed by atoms with E-state index in [2.05, 4.69) is 16.9 Å². The van der Waals surface area contributed by atoms with Crippen LogP contribution in [0, 0.1) is 12.8 Å². The van der Waals surface area contributed by atoms with E-state index in [4.69, 9.17) is 0 Å². The standard InChI is InChI=1S/C13H18N2O2S/c1-10-6-8-12(9-7-10)18(16,17)15-14-13-5-3-4-11(13)2/h6-9,11,15H,3-5H2,1-2H3/b14-13+/t11-/m1/s1. The monoisotopic (exact) mass is 266 g/mol. The van der Waals surface area contributed by atoms with Crippen molar-refractivity contribution in [2.24, 2.45) is 11.0 Å². The third-order valence-electron chi connectivity index (χ3n) is 3.28. The largest absolute Gasteiger partial charge is 0.276 e. The van der Waals surface area contributed by atoms with Gasteiger partial charge in [0.15, 0.2) is 0 Å². The molecule has 1 aromatic carbocycles. The minimum absolute atomic E-state index is 0.253. The highest BCUT2D eigenvalue weighted by Crippen LogP contribution is 2.21. The van der Waals surface area contributed by atoms with Crippen LogP contribution < -0.4 is 4.83 Å². The zero-order valence-corrected chi connectivity index (χ0v) is 11.5. The summed E-state index contributed by atoms with van der Waals surface area (Å²) in [7, 11) is -3.53. The third-order valence-corrected chi connectivity index (χ3v) is 4.50. The molecule has 1 aliphatic carbocycles. The maximum absolute atomic E-state index is 12.0. The van der Waals surface area contributed by atoms with E-state index in [1.807, 2.05) is 6.92 Å². The molecule has 1 fully saturated rings. The zero-order valence-electron chi connectivity index (χ0n) is 10.7. The second-order valence-corrected chi connectivity index (χ2v) is 6.47. The van der Waals surface area contributed by atoms with Crippen LogP contribution in [0.2, 0.25) is 0 Å². The lowest BCUT2D eigenvalue weighted by molar-refractivity contribution is 0.584. The van der Waals surface area contributed by atoms with Crippen molar-refractivity contribution in [3.63, 3.8) is 0 Å². The van der Waals surface area contributed by atoms with Gasteiger partial charge < -0.3 is 0 Å². The van der Waals surface area contributed by atoms with Crippen LogP contribution in [0.4, 0.5) is 0 Å². The summed E-state index contributed by atoms with van der Waals surface area (Å²) in [5, 5.41) is 4.05. The fourth-order valence-corrected chi connectivity index (χ4v) is 2.89. The van der Waals surface area contributed by atoms with Crippen LogP contribution in [0.25, 0.3) is 0 Å². The summed E-state index contributed by atoms with van der Waals surface area (Å²) < 4.78 is 24.0. The second kappa shape index (κ2) is 5.10. The van der Waals surface area contributed by atoms with E-state index in [9.17, 15) is 8.42 Å². The summed E-state index contributed by atoms with van der Waals surface area (Å²) in [6.07, 6.45) is 3.06. The Bertz CT molecular complexity index is 547. The minimum atomic E-state index is -3.53. The van der Waals surface area contributed by atoms with Crippen LogP contribution in [-0.2, 0) is 10.0 Å². The summed E-state index contributed by atoms with van der Waals surface area (Å²) >= 11 is 0. The van der Waals surface area contributed by atoms with Gasteiger partial charge in [-0.15, -0.1) is 0 Å². The van der Waals surface area contributed by atoms with Gasteiger partial charge in [-0.3, -0.25) is 0 Å². The minimum Gasteiger partial charge on any atom is -0.200 e. The molecule has 0 bridgehead atoms. The van der Waals surface area contributed by atoms with Crippen LogP contribution in [0.5, 0.6) is 0 Å². The van der Waals surface area contributed by atoms with Gasteiger partial charge in [0.25, 0.3) is 10.0 Å². The fourth-order valence-electron chi connectivity index (χ4n) is 2.06. The van der Waals surface area contributed by atoms with E-state index in [0.717, 1.165) is 30.5 Å². The van der Waals surface area contributed by atoms with Gasteiger partial charge in [-0.2, -0.15) is 13.5 Å². The predicted molar refractivity (Wildman–Crippen MR) is 72.0 cm³/mol. The molecular weight excluding hydrogens is 248 g/mol. The fraction of sp³-hybridized carbons (Fsp3) is 0.462. The van der Waals surface area contributed by atoms with Gasteiger partial charge >= 0.3 is 0 Å². The number of hydrogen-bond acceptors (Lipinski definition) is 3. The van der Waals surface area contributed by atoms with Gasteiger partial charge in [-0.25, -0.2) is 4.83 Å². The van der Waals surface area contributed by atoms with Gasteiger partial charge in [0.05, 0.1) is 4.90 Å². The molecule has 5 heteroatoms. The van der Waals surface area contributed by atoms with Crippen molar-refractivity contribution in [3.8, 4) is 0 Å². The second-order valence-electron chi connectivity index (χ2n) is 4.80. The van der Waals surface area contributed by atoms with Crippen molar-refractivity contribution in [3.05, 3.63) is 29.8 Å². The molecule has 2 rings (SSSR count). The Hall–Kier alpha value is -1.36. The van der Waals surface area contributed by atoms with Gasteiger partial charge in [-0.05, 0) is 44.2 Å². The summed E-state index contributed by atoms with van der Waals surface area (Å²) in [4.78, 5) is 2.58. The average Bonchev–Trinajstić information content (AvgIpc) is 2.73. The molecule has 1 N–H and O–H groups in total. The Morgan fingerprint density at radius 1 is 1.28 bits per heavy atom. The highest BCUT2D eigenvalue weighted by atomic mass is 32.2. The van der Waals surface area contributed by atoms with E-state index >= 15 is 0 Å². The molecule has 1 saturated carbocycles. The van der Waals surface area contributed by atoms with Crippen LogP contribution in [0.3, 0.4) is 0 Å². The van der Waals surface area contributed by atoms with Crippen LogP contribution in [-0.4, -0.2) is 14.1 Å². The number of nitrogens with one attached hydrogen (secondary N) is 1. The van der Waals surface area contributed by atoms with E-state index in [1.165, 1.54) is 0 Å². The molecule has 0 heterocycles. The zero-order chi connectivity index (χ0) is 13.2. The summed E-state index contributed by atoms with van der Waals surface area (Å²) in [5.74, 6) is 0.380. The highest BCUT2D eigenvalue weighted by Gasteiger charge is 2.19. The number of aryl methyl sites for hydroxylation is 1. The number of sulfonamides is 1. The summed E-state index contributed by atoms with van der Waals surface area (Å²) in [6, 6.07) is 6.74. The van der Waals surface area contributed by atoms with E-state index < -0.39 is 10.0 Å². The molecule has 0 radical (unpaired) electrons. The van der Waals surface area contributed by atoms with Gasteiger partial charge in [-0.1, -0.05) is 24.6 Å². The third kappa shape index (κ3) is 2.90. The van der Waals surface area contributed by atoms with Crippen LogP contribution in [0.1, 0.15) is 31.7 Å². The SMILES string of the molecule is Cc1ccc(S(=O)(=O)N/N=C2\CCC[C@H]2C)cc1. The first-order chi connectivity index (χ1) is 8.49. The van der Waals surface area contributed by atoms with Gasteiger partial charge in [0.2, 0.25) is 0 Å². The molecule has 0 saturated heterocycles. The molecule has 0 aliphatic heterocycles. The smallest absolute Gasteiger partial charge is 0.200 e. The lowest BCUT2D eigenvalue weighted by atomic mass is 10.1. The Balaban J connectivity index is 2.15. The maximum Gasteiger partial charge on any atom is 0.276 e. The molecule has 1 aromatic rings. The van der Waals surface area contributed by atoms with Crippen molar-refractivity contribution in [1.82, 2.24) is 4.83 Å². The quantitative estimate of drug-likeness (QED) is 0.854. The summed E-state index contributed by atoms with van der Waals surface area (Å²) in [6.45, 7) is 4.00. The first kappa shape index (κ1) is 13.1. The van der Waals surface area contributed by atoms with Crippen molar-refractivity contribution in [2.45, 2.75) is 38.0 Å². The first-order valence-corrected chi connectivity index (χ1v) is 7.62. The van der Waals surface area contributed by atoms with E-state index in [-0.39, 0.29) is 4.90 Å². The molecule has 4 nitrogen and oxygen atoms in total. The Morgan fingerprint density at radius 3 is 2.50 bits per heavy atom. The van der Waals surface area contributed by atoms with Crippen molar-refractivity contribution < 1.29 is 8.42 Å². The topological polar surface area (TPSA) is 58.5 Å². The Labute approximate surface area is 108 Å². The molecule has 1 aliphatic rings. The van der Waals surface area contributed by atoms with E-state index in [1.54, 1.807) is 24.3 Å². The Morgan fingerprint density at radius 2 is 1.94 bits per heavy atom. The molecular formula is C13H18N2O2S. The normalized spacial score (nSPS) is 22.3. The first-order valence-electron chi connectivity index (χ1n) is 6.14. The summed E-state index contributed by atoms with van der Waals surface area (Å²) in [5.41, 5.74) is 1.98. The van der Waals surface area contributed by atoms with Crippen molar-refractivity contribution >= 4 is 15.7 Å². The van der Waals surface area contributed by atoms with Gasteiger partial charge in [0.1, 0.15) is 0 Å². The van der Waals surface area contributed by atoms with Crippen molar-refractivity contribution in [1.29, 1.82) is 0 Å². The molecule has 0 amide bonds. The number of nitrogens with zero attached hydrogens (tertiary/aromatic N) is 1. The predicted octanol–water partition coefficient (Wildman–Crippen LogP) is 2.45. The molecule has 0 aromatic heterocycles. The van der Waals surface area contributed by atoms with Crippen LogP contribution >= 0.6 is 0 Å². The number of hydrogen-bond donors (Lipinski definition) is 1. The average molecular weight is 266 g/mol. The van der Waals surface area contributed by atoms with Crippen molar-refractivity contribution in [2.75, 3.05) is 0 Å². The van der Waals surface area contributed by atoms with E-state index in [0.29, 0.717) is 5.92 Å². The maximum atomic E-state index is 12.0. The molecule has 0 spiro atoms. The molecule has 98 valence electrons. The molecule has 0 unspecified atom stereocenters. The van der Waals surface area contributed by atoms with Crippen LogP contribution in [0.15, 0.2) is 34.3 Å². The lowest BCUT2D eigenvalue weighted by Gasteiger charge is -2.07. The lowest BCUT2D eigenvalue weighted by Crippen LogP contribution is -2.21. The number of rotatable bonds is 3.